The Morgan fingerprint density at radius 3 is 2.61 bits per heavy atom. The topological polar surface area (TPSA) is 97.4 Å². The van der Waals surface area contributed by atoms with Gasteiger partial charge in [-0.25, -0.2) is 14.5 Å². The second-order valence-corrected chi connectivity index (χ2v) is 5.85. The number of anilines is 1. The van der Waals surface area contributed by atoms with Crippen LogP contribution in [0.15, 0.2) is 22.8 Å². The summed E-state index contributed by atoms with van der Waals surface area (Å²) >= 11 is 3.16. The molecule has 18 heavy (non-hydrogen) atoms. The van der Waals surface area contributed by atoms with E-state index in [2.05, 4.69) is 30.4 Å². The van der Waals surface area contributed by atoms with Crippen LogP contribution in [0.2, 0.25) is 0 Å². The molecule has 0 aliphatic rings. The van der Waals surface area contributed by atoms with Gasteiger partial charge in [0.15, 0.2) is 0 Å². The van der Waals surface area contributed by atoms with Crippen LogP contribution in [0.4, 0.5) is 10.6 Å². The molecule has 1 heterocycles. The number of ether oxygens (including phenoxy) is 1. The lowest BCUT2D eigenvalue weighted by molar-refractivity contribution is 0.121. The highest BCUT2D eigenvalue weighted by atomic mass is 79.9. The summed E-state index contributed by atoms with van der Waals surface area (Å²) in [5.74, 6) is 0.0862. The fourth-order valence-electron chi connectivity index (χ4n) is 0.947. The van der Waals surface area contributed by atoms with Crippen LogP contribution in [0, 0.1) is 0 Å². The normalized spacial score (nSPS) is 11.1. The summed E-state index contributed by atoms with van der Waals surface area (Å²) in [4.78, 5) is 14.9. The van der Waals surface area contributed by atoms with Gasteiger partial charge >= 0.3 is 16.3 Å². The lowest BCUT2D eigenvalue weighted by Gasteiger charge is -2.10. The van der Waals surface area contributed by atoms with Crippen LogP contribution < -0.4 is 9.44 Å². The molecule has 100 valence electrons. The maximum absolute atomic E-state index is 11.5. The van der Waals surface area contributed by atoms with E-state index < -0.39 is 22.4 Å². The predicted molar refractivity (Wildman–Crippen MR) is 69.2 cm³/mol. The zero-order valence-corrected chi connectivity index (χ0v) is 12.1. The van der Waals surface area contributed by atoms with E-state index in [0.717, 1.165) is 0 Å². The Morgan fingerprint density at radius 2 is 2.11 bits per heavy atom. The van der Waals surface area contributed by atoms with E-state index in [9.17, 15) is 13.2 Å². The molecule has 0 saturated carbocycles. The van der Waals surface area contributed by atoms with Crippen molar-refractivity contribution in [3.05, 3.63) is 22.8 Å². The van der Waals surface area contributed by atoms with E-state index in [1.807, 2.05) is 0 Å². The second-order valence-electron chi connectivity index (χ2n) is 3.52. The van der Waals surface area contributed by atoms with Gasteiger partial charge in [0.2, 0.25) is 0 Å². The second kappa shape index (κ2) is 6.01. The van der Waals surface area contributed by atoms with Crippen molar-refractivity contribution < 1.29 is 17.9 Å². The van der Waals surface area contributed by atoms with Crippen molar-refractivity contribution >= 4 is 38.1 Å². The van der Waals surface area contributed by atoms with Gasteiger partial charge in [0.1, 0.15) is 5.82 Å². The summed E-state index contributed by atoms with van der Waals surface area (Å²) in [6.45, 7) is 3.21. The standard InChI is InChI=1S/C9H12BrN3O4S/c1-6(2)17-9(14)13-18(15,16)12-8-4-3-7(10)5-11-8/h3-6H,1-2H3,(H,11,12)(H,13,14). The number of nitrogens with zero attached hydrogens (tertiary/aromatic N) is 1. The zero-order chi connectivity index (χ0) is 13.8. The summed E-state index contributed by atoms with van der Waals surface area (Å²) in [5.41, 5.74) is 0. The Kier molecular flexibility index (Phi) is 4.91. The predicted octanol–water partition coefficient (Wildman–Crippen LogP) is 1.64. The number of nitrogens with one attached hydrogen (secondary N) is 2. The van der Waals surface area contributed by atoms with Crippen LogP contribution in [0.5, 0.6) is 0 Å². The number of hydrogen-bond acceptors (Lipinski definition) is 5. The van der Waals surface area contributed by atoms with Crippen molar-refractivity contribution in [2.45, 2.75) is 20.0 Å². The van der Waals surface area contributed by atoms with Gasteiger partial charge in [0.05, 0.1) is 6.10 Å². The van der Waals surface area contributed by atoms with Crippen LogP contribution in [-0.2, 0) is 14.9 Å². The number of hydrogen-bond donors (Lipinski definition) is 2. The van der Waals surface area contributed by atoms with Crippen LogP contribution in [0.1, 0.15) is 13.8 Å². The SMILES string of the molecule is CC(C)OC(=O)NS(=O)(=O)Nc1ccc(Br)cn1. The number of carbonyl (C=O) groups excluding carboxylic acids is 1. The first-order chi connectivity index (χ1) is 8.28. The van der Waals surface area contributed by atoms with Gasteiger partial charge in [-0.15, -0.1) is 0 Å². The minimum absolute atomic E-state index is 0.0862. The Labute approximate surface area is 113 Å². The third kappa shape index (κ3) is 5.32. The smallest absolute Gasteiger partial charge is 0.422 e. The van der Waals surface area contributed by atoms with Crippen molar-refractivity contribution in [1.82, 2.24) is 9.71 Å². The number of carbonyl (C=O) groups is 1. The van der Waals surface area contributed by atoms with Crippen LogP contribution in [0.3, 0.4) is 0 Å². The molecule has 1 rings (SSSR count). The van der Waals surface area contributed by atoms with E-state index in [1.165, 1.54) is 12.3 Å². The number of aromatic nitrogens is 1. The molecule has 0 radical (unpaired) electrons. The molecule has 0 fully saturated rings. The monoisotopic (exact) mass is 337 g/mol. The molecule has 0 bridgehead atoms. The zero-order valence-electron chi connectivity index (χ0n) is 9.68. The quantitative estimate of drug-likeness (QED) is 0.870. The molecule has 0 aliphatic heterocycles. The van der Waals surface area contributed by atoms with Gasteiger partial charge in [-0.3, -0.25) is 4.72 Å². The molecule has 0 atom stereocenters. The maximum Gasteiger partial charge on any atom is 0.422 e. The molecule has 1 aromatic rings. The van der Waals surface area contributed by atoms with E-state index in [1.54, 1.807) is 24.6 Å². The molecule has 0 spiro atoms. The Hall–Kier alpha value is -1.35. The Morgan fingerprint density at radius 1 is 1.44 bits per heavy atom. The van der Waals surface area contributed by atoms with Crippen molar-refractivity contribution in [2.75, 3.05) is 4.72 Å². The summed E-state index contributed by atoms with van der Waals surface area (Å²) < 4.78 is 32.1. The molecule has 0 unspecified atom stereocenters. The number of rotatable bonds is 4. The first-order valence-corrected chi connectivity index (χ1v) is 7.19. The van der Waals surface area contributed by atoms with Crippen LogP contribution in [-0.4, -0.2) is 25.6 Å². The van der Waals surface area contributed by atoms with Gasteiger partial charge in [0, 0.05) is 10.7 Å². The van der Waals surface area contributed by atoms with Crippen LogP contribution in [0.25, 0.3) is 0 Å². The molecule has 0 aromatic carbocycles. The van der Waals surface area contributed by atoms with Crippen molar-refractivity contribution in [3.8, 4) is 0 Å². The molecule has 1 amide bonds. The fourth-order valence-corrected chi connectivity index (χ4v) is 1.90. The van der Waals surface area contributed by atoms with Crippen molar-refractivity contribution in [3.63, 3.8) is 0 Å². The number of amides is 1. The largest absolute Gasteiger partial charge is 0.446 e. The molecular formula is C9H12BrN3O4S. The number of pyridine rings is 1. The van der Waals surface area contributed by atoms with Crippen LogP contribution >= 0.6 is 15.9 Å². The van der Waals surface area contributed by atoms with E-state index in [-0.39, 0.29) is 5.82 Å². The van der Waals surface area contributed by atoms with Gasteiger partial charge < -0.3 is 4.74 Å². The third-order valence-electron chi connectivity index (χ3n) is 1.53. The average molecular weight is 338 g/mol. The molecule has 1 aromatic heterocycles. The van der Waals surface area contributed by atoms with E-state index in [4.69, 9.17) is 0 Å². The highest BCUT2D eigenvalue weighted by molar-refractivity contribution is 9.10. The van der Waals surface area contributed by atoms with Gasteiger partial charge in [-0.1, -0.05) is 0 Å². The molecule has 0 saturated heterocycles. The van der Waals surface area contributed by atoms with Crippen molar-refractivity contribution in [2.24, 2.45) is 0 Å². The lowest BCUT2D eigenvalue weighted by atomic mass is 10.5. The average Bonchev–Trinajstić information content (AvgIpc) is 2.18. The first kappa shape index (κ1) is 14.7. The van der Waals surface area contributed by atoms with Gasteiger partial charge in [0.25, 0.3) is 0 Å². The van der Waals surface area contributed by atoms with Crippen molar-refractivity contribution in [1.29, 1.82) is 0 Å². The van der Waals surface area contributed by atoms with Gasteiger partial charge in [-0.2, -0.15) is 8.42 Å². The summed E-state index contributed by atoms with van der Waals surface area (Å²) in [5, 5.41) is 0. The molecule has 0 aliphatic carbocycles. The molecule has 7 nitrogen and oxygen atoms in total. The first-order valence-electron chi connectivity index (χ1n) is 4.91. The molecule has 9 heteroatoms. The Balaban J connectivity index is 2.65. The minimum atomic E-state index is -4.04. The summed E-state index contributed by atoms with van der Waals surface area (Å²) in [7, 11) is -4.04. The maximum atomic E-state index is 11.5. The minimum Gasteiger partial charge on any atom is -0.446 e. The highest BCUT2D eigenvalue weighted by Gasteiger charge is 2.16. The fraction of sp³-hybridized carbons (Fsp3) is 0.333. The molecular weight excluding hydrogens is 326 g/mol. The summed E-state index contributed by atoms with van der Waals surface area (Å²) in [6, 6.07) is 3.05. The number of halogens is 1. The Bertz CT molecular complexity index is 515. The highest BCUT2D eigenvalue weighted by Crippen LogP contribution is 2.11. The van der Waals surface area contributed by atoms with E-state index in [0.29, 0.717) is 4.47 Å². The van der Waals surface area contributed by atoms with Gasteiger partial charge in [-0.05, 0) is 41.9 Å². The third-order valence-corrected chi connectivity index (χ3v) is 2.91. The summed E-state index contributed by atoms with van der Waals surface area (Å²) in [6.07, 6.45) is -0.0368. The lowest BCUT2D eigenvalue weighted by Crippen LogP contribution is -2.37. The van der Waals surface area contributed by atoms with E-state index >= 15 is 0 Å². The molecule has 2 N–H and O–H groups in total.